The topological polar surface area (TPSA) is 32.3 Å². The lowest BCUT2D eigenvalue weighted by atomic mass is 10.1. The van der Waals surface area contributed by atoms with Crippen molar-refractivity contribution in [1.82, 2.24) is 10.2 Å². The maximum Gasteiger partial charge on any atom is 0.244 e. The molecule has 1 aromatic rings. The Balaban J connectivity index is 2.78. The van der Waals surface area contributed by atoms with E-state index in [1.807, 2.05) is 42.5 Å². The molecule has 1 rings (SSSR count). The first kappa shape index (κ1) is 15.9. The SMILES string of the molecule is C=CCN(CC=C)C(=O)C(/C=C/c1ccccc1)NC. The Morgan fingerprint density at radius 1 is 1.25 bits per heavy atom. The van der Waals surface area contributed by atoms with Gasteiger partial charge in [0.15, 0.2) is 0 Å². The van der Waals surface area contributed by atoms with Crippen LogP contribution in [0.25, 0.3) is 6.08 Å². The minimum Gasteiger partial charge on any atom is -0.334 e. The molecule has 0 aromatic heterocycles. The van der Waals surface area contributed by atoms with Crippen LogP contribution < -0.4 is 5.32 Å². The van der Waals surface area contributed by atoms with Crippen molar-refractivity contribution in [1.29, 1.82) is 0 Å². The van der Waals surface area contributed by atoms with Gasteiger partial charge in [-0.3, -0.25) is 4.79 Å². The third-order valence-electron chi connectivity index (χ3n) is 2.87. The third kappa shape index (κ3) is 4.86. The molecule has 0 aliphatic carbocycles. The normalized spacial score (nSPS) is 12.1. The van der Waals surface area contributed by atoms with Crippen LogP contribution in [-0.2, 0) is 4.79 Å². The molecule has 1 N–H and O–H groups in total. The molecule has 0 aliphatic rings. The summed E-state index contributed by atoms with van der Waals surface area (Å²) in [5, 5.41) is 3.02. The van der Waals surface area contributed by atoms with Gasteiger partial charge in [-0.1, -0.05) is 54.6 Å². The van der Waals surface area contributed by atoms with Crippen molar-refractivity contribution in [2.45, 2.75) is 6.04 Å². The van der Waals surface area contributed by atoms with Crippen molar-refractivity contribution in [3.05, 3.63) is 67.3 Å². The van der Waals surface area contributed by atoms with Crippen LogP contribution in [0.4, 0.5) is 0 Å². The van der Waals surface area contributed by atoms with E-state index in [-0.39, 0.29) is 11.9 Å². The fourth-order valence-corrected chi connectivity index (χ4v) is 1.84. The van der Waals surface area contributed by atoms with Gasteiger partial charge < -0.3 is 10.2 Å². The van der Waals surface area contributed by atoms with Crippen molar-refractivity contribution < 1.29 is 4.79 Å². The lowest BCUT2D eigenvalue weighted by Crippen LogP contribution is -2.44. The molecule has 0 spiro atoms. The molecule has 0 saturated heterocycles. The van der Waals surface area contributed by atoms with Gasteiger partial charge in [-0.15, -0.1) is 13.2 Å². The van der Waals surface area contributed by atoms with Gasteiger partial charge in [0.1, 0.15) is 6.04 Å². The molecule has 0 fully saturated rings. The van der Waals surface area contributed by atoms with Crippen molar-refractivity contribution in [2.24, 2.45) is 0 Å². The predicted octanol–water partition coefficient (Wildman–Crippen LogP) is 2.49. The zero-order valence-corrected chi connectivity index (χ0v) is 12.0. The number of likely N-dealkylation sites (N-methyl/N-ethyl adjacent to an activating group) is 1. The second-order valence-electron chi connectivity index (χ2n) is 4.36. The van der Waals surface area contributed by atoms with Gasteiger partial charge in [0, 0.05) is 13.1 Å². The molecule has 1 atom stereocenters. The molecule has 0 bridgehead atoms. The van der Waals surface area contributed by atoms with Gasteiger partial charge in [-0.2, -0.15) is 0 Å². The van der Waals surface area contributed by atoms with Gasteiger partial charge >= 0.3 is 0 Å². The smallest absolute Gasteiger partial charge is 0.244 e. The highest BCUT2D eigenvalue weighted by molar-refractivity contribution is 5.85. The first-order valence-corrected chi connectivity index (χ1v) is 6.64. The predicted molar refractivity (Wildman–Crippen MR) is 85.3 cm³/mol. The summed E-state index contributed by atoms with van der Waals surface area (Å²) in [7, 11) is 1.78. The highest BCUT2D eigenvalue weighted by Gasteiger charge is 2.18. The van der Waals surface area contributed by atoms with Crippen LogP contribution in [0.1, 0.15) is 5.56 Å². The number of benzene rings is 1. The number of nitrogens with zero attached hydrogens (tertiary/aromatic N) is 1. The lowest BCUT2D eigenvalue weighted by molar-refractivity contribution is -0.131. The summed E-state index contributed by atoms with van der Waals surface area (Å²) < 4.78 is 0. The molecule has 106 valence electrons. The van der Waals surface area contributed by atoms with Crippen molar-refractivity contribution in [3.8, 4) is 0 Å². The molecule has 1 amide bonds. The van der Waals surface area contributed by atoms with E-state index >= 15 is 0 Å². The van der Waals surface area contributed by atoms with E-state index in [9.17, 15) is 4.79 Å². The number of hydrogen-bond donors (Lipinski definition) is 1. The van der Waals surface area contributed by atoms with Crippen molar-refractivity contribution in [3.63, 3.8) is 0 Å². The summed E-state index contributed by atoms with van der Waals surface area (Å²) >= 11 is 0. The van der Waals surface area contributed by atoms with E-state index in [2.05, 4.69) is 18.5 Å². The van der Waals surface area contributed by atoms with Crippen molar-refractivity contribution in [2.75, 3.05) is 20.1 Å². The second-order valence-corrected chi connectivity index (χ2v) is 4.36. The van der Waals surface area contributed by atoms with E-state index in [1.165, 1.54) is 0 Å². The van der Waals surface area contributed by atoms with E-state index in [0.717, 1.165) is 5.56 Å². The molecule has 1 aromatic carbocycles. The molecular weight excluding hydrogens is 248 g/mol. The van der Waals surface area contributed by atoms with Crippen molar-refractivity contribution >= 4 is 12.0 Å². The van der Waals surface area contributed by atoms with Gasteiger partial charge in [0.05, 0.1) is 0 Å². The molecular formula is C17H22N2O. The minimum atomic E-state index is -0.352. The second kappa shape index (κ2) is 8.88. The monoisotopic (exact) mass is 270 g/mol. The van der Waals surface area contributed by atoms with Crippen LogP contribution in [0.15, 0.2) is 61.7 Å². The number of amides is 1. The Hall–Kier alpha value is -2.13. The van der Waals surface area contributed by atoms with E-state index < -0.39 is 0 Å². The van der Waals surface area contributed by atoms with Gasteiger partial charge in [-0.25, -0.2) is 0 Å². The molecule has 0 heterocycles. The maximum atomic E-state index is 12.4. The Labute approximate surface area is 121 Å². The highest BCUT2D eigenvalue weighted by Crippen LogP contribution is 2.04. The lowest BCUT2D eigenvalue weighted by Gasteiger charge is -2.23. The summed E-state index contributed by atoms with van der Waals surface area (Å²) in [5.41, 5.74) is 1.07. The molecule has 20 heavy (non-hydrogen) atoms. The standard InChI is InChI=1S/C17H22N2O/c1-4-13-19(14-5-2)17(20)16(18-3)12-11-15-9-7-6-8-10-15/h4-12,16,18H,1-2,13-14H2,3H3/b12-11+. The van der Waals surface area contributed by atoms with Gasteiger partial charge in [0.25, 0.3) is 0 Å². The van der Waals surface area contributed by atoms with Gasteiger partial charge in [0.2, 0.25) is 5.91 Å². The fraction of sp³-hybridized carbons (Fsp3) is 0.235. The fourth-order valence-electron chi connectivity index (χ4n) is 1.84. The summed E-state index contributed by atoms with van der Waals surface area (Å²) in [6.07, 6.45) is 7.25. The molecule has 3 nitrogen and oxygen atoms in total. The molecule has 0 saturated carbocycles. The Morgan fingerprint density at radius 2 is 1.85 bits per heavy atom. The van der Waals surface area contributed by atoms with Crippen LogP contribution in [0.2, 0.25) is 0 Å². The Morgan fingerprint density at radius 3 is 2.35 bits per heavy atom. The zero-order chi connectivity index (χ0) is 14.8. The summed E-state index contributed by atoms with van der Waals surface area (Å²) in [6, 6.07) is 9.55. The van der Waals surface area contributed by atoms with Crippen LogP contribution in [0, 0.1) is 0 Å². The largest absolute Gasteiger partial charge is 0.334 e. The summed E-state index contributed by atoms with van der Waals surface area (Å²) in [4.78, 5) is 14.1. The molecule has 0 radical (unpaired) electrons. The van der Waals surface area contributed by atoms with Crippen LogP contribution in [0.5, 0.6) is 0 Å². The first-order valence-electron chi connectivity index (χ1n) is 6.64. The Bertz CT molecular complexity index is 455. The quantitative estimate of drug-likeness (QED) is 0.736. The zero-order valence-electron chi connectivity index (χ0n) is 12.0. The minimum absolute atomic E-state index is 0.0134. The number of carbonyl (C=O) groups is 1. The maximum absolute atomic E-state index is 12.4. The number of carbonyl (C=O) groups excluding carboxylic acids is 1. The van der Waals surface area contributed by atoms with E-state index in [1.54, 1.807) is 24.1 Å². The first-order chi connectivity index (χ1) is 9.72. The molecule has 1 unspecified atom stereocenters. The number of nitrogens with one attached hydrogen (secondary N) is 1. The van der Waals surface area contributed by atoms with E-state index in [4.69, 9.17) is 0 Å². The van der Waals surface area contributed by atoms with Crippen LogP contribution in [-0.4, -0.2) is 37.0 Å². The summed E-state index contributed by atoms with van der Waals surface area (Å²) in [5.74, 6) is 0.0134. The Kier molecular flexibility index (Phi) is 7.07. The average molecular weight is 270 g/mol. The van der Waals surface area contributed by atoms with E-state index in [0.29, 0.717) is 13.1 Å². The number of hydrogen-bond acceptors (Lipinski definition) is 2. The summed E-state index contributed by atoms with van der Waals surface area (Å²) in [6.45, 7) is 8.39. The van der Waals surface area contributed by atoms with Crippen LogP contribution >= 0.6 is 0 Å². The average Bonchev–Trinajstić information content (AvgIpc) is 2.48. The van der Waals surface area contributed by atoms with Gasteiger partial charge in [-0.05, 0) is 12.6 Å². The molecule has 0 aliphatic heterocycles. The van der Waals surface area contributed by atoms with Crippen LogP contribution in [0.3, 0.4) is 0 Å². The highest BCUT2D eigenvalue weighted by atomic mass is 16.2. The number of rotatable bonds is 8. The third-order valence-corrected chi connectivity index (χ3v) is 2.87. The molecule has 3 heteroatoms.